The van der Waals surface area contributed by atoms with Crippen LogP contribution in [0.3, 0.4) is 0 Å². The largest absolute Gasteiger partial charge is 0.326 e. The van der Waals surface area contributed by atoms with Crippen LogP contribution in [-0.2, 0) is 9.59 Å². The van der Waals surface area contributed by atoms with E-state index in [1.54, 1.807) is 24.3 Å². The highest BCUT2D eigenvalue weighted by Crippen LogP contribution is 2.19. The quantitative estimate of drug-likeness (QED) is 0.884. The number of rotatable bonds is 5. The molecule has 0 fully saturated rings. The lowest BCUT2D eigenvalue weighted by Crippen LogP contribution is -2.32. The summed E-state index contributed by atoms with van der Waals surface area (Å²) in [4.78, 5) is 24.9. The first kappa shape index (κ1) is 17.9. The Hall–Kier alpha value is -2.47. The lowest BCUT2D eigenvalue weighted by Gasteiger charge is -2.21. The topological polar surface area (TPSA) is 49.4 Å². The second-order valence-electron chi connectivity index (χ2n) is 5.08. The van der Waals surface area contributed by atoms with Gasteiger partial charge in [0.25, 0.3) is 0 Å². The SMILES string of the molecule is CC(=O)N(CCC(=O)Nc1cccc(Cl)c1)c1ccc(F)c(F)c1. The van der Waals surface area contributed by atoms with Crippen LogP contribution in [0.25, 0.3) is 0 Å². The van der Waals surface area contributed by atoms with Gasteiger partial charge in [-0.1, -0.05) is 17.7 Å². The first-order chi connectivity index (χ1) is 11.4. The number of hydrogen-bond donors (Lipinski definition) is 1. The Morgan fingerprint density at radius 3 is 2.50 bits per heavy atom. The summed E-state index contributed by atoms with van der Waals surface area (Å²) in [5.74, 6) is -2.76. The third kappa shape index (κ3) is 4.76. The maximum Gasteiger partial charge on any atom is 0.226 e. The number of nitrogens with zero attached hydrogens (tertiary/aromatic N) is 1. The minimum Gasteiger partial charge on any atom is -0.326 e. The van der Waals surface area contributed by atoms with Gasteiger partial charge in [0.05, 0.1) is 0 Å². The summed E-state index contributed by atoms with van der Waals surface area (Å²) in [6.07, 6.45) is -0.00884. The molecule has 0 aliphatic heterocycles. The molecule has 0 saturated heterocycles. The van der Waals surface area contributed by atoms with Gasteiger partial charge >= 0.3 is 0 Å². The number of anilines is 2. The average Bonchev–Trinajstić information content (AvgIpc) is 2.50. The zero-order valence-corrected chi connectivity index (χ0v) is 13.6. The molecule has 7 heteroatoms. The molecule has 0 atom stereocenters. The van der Waals surface area contributed by atoms with Crippen molar-refractivity contribution in [3.05, 3.63) is 59.1 Å². The highest BCUT2D eigenvalue weighted by Gasteiger charge is 2.15. The summed E-state index contributed by atoms with van der Waals surface area (Å²) in [6.45, 7) is 1.32. The average molecular weight is 353 g/mol. The van der Waals surface area contributed by atoms with Gasteiger partial charge < -0.3 is 10.2 Å². The van der Waals surface area contributed by atoms with E-state index in [2.05, 4.69) is 5.32 Å². The van der Waals surface area contributed by atoms with Gasteiger partial charge in [-0.2, -0.15) is 0 Å². The summed E-state index contributed by atoms with van der Waals surface area (Å²) in [7, 11) is 0. The van der Waals surface area contributed by atoms with E-state index in [4.69, 9.17) is 11.6 Å². The number of carbonyl (C=O) groups is 2. The third-order valence-corrected chi connectivity index (χ3v) is 3.50. The fourth-order valence-corrected chi connectivity index (χ4v) is 2.31. The summed E-state index contributed by atoms with van der Waals surface area (Å²) >= 11 is 5.83. The van der Waals surface area contributed by atoms with E-state index in [-0.39, 0.29) is 30.5 Å². The standard InChI is InChI=1S/C17H15ClF2N2O2/c1-11(23)22(14-5-6-15(19)16(20)10-14)8-7-17(24)21-13-4-2-3-12(18)9-13/h2-6,9-10H,7-8H2,1H3,(H,21,24). The van der Waals surface area contributed by atoms with Crippen molar-refractivity contribution in [1.29, 1.82) is 0 Å². The van der Waals surface area contributed by atoms with Crippen LogP contribution in [0.4, 0.5) is 20.2 Å². The van der Waals surface area contributed by atoms with Crippen molar-refractivity contribution in [3.63, 3.8) is 0 Å². The fraction of sp³-hybridized carbons (Fsp3) is 0.176. The summed E-state index contributed by atoms with van der Waals surface area (Å²) in [5.41, 5.74) is 0.728. The zero-order valence-electron chi connectivity index (χ0n) is 12.9. The molecule has 2 aromatic rings. The van der Waals surface area contributed by atoms with Gasteiger partial charge in [0.2, 0.25) is 11.8 Å². The van der Waals surface area contributed by atoms with Gasteiger partial charge in [0.1, 0.15) is 0 Å². The maximum absolute atomic E-state index is 13.3. The Kier molecular flexibility index (Phi) is 5.87. The second kappa shape index (κ2) is 7.88. The summed E-state index contributed by atoms with van der Waals surface area (Å²) in [5, 5.41) is 3.14. The van der Waals surface area contributed by atoms with E-state index in [1.807, 2.05) is 0 Å². The van der Waals surface area contributed by atoms with Crippen molar-refractivity contribution in [1.82, 2.24) is 0 Å². The molecule has 126 valence electrons. The minimum atomic E-state index is -1.05. The minimum absolute atomic E-state index is 0.00884. The highest BCUT2D eigenvalue weighted by atomic mass is 35.5. The van der Waals surface area contributed by atoms with E-state index in [0.29, 0.717) is 10.7 Å². The van der Waals surface area contributed by atoms with Crippen LogP contribution in [0.2, 0.25) is 5.02 Å². The van der Waals surface area contributed by atoms with Crippen molar-refractivity contribution in [2.45, 2.75) is 13.3 Å². The first-order valence-corrected chi connectivity index (χ1v) is 7.53. The van der Waals surface area contributed by atoms with Gasteiger partial charge in [0, 0.05) is 42.4 Å². The molecule has 0 unspecified atom stereocenters. The molecule has 0 bridgehead atoms. The van der Waals surface area contributed by atoms with Crippen LogP contribution in [-0.4, -0.2) is 18.4 Å². The van der Waals surface area contributed by atoms with E-state index in [1.165, 1.54) is 17.9 Å². The van der Waals surface area contributed by atoms with E-state index in [9.17, 15) is 18.4 Å². The van der Waals surface area contributed by atoms with Crippen molar-refractivity contribution in [2.24, 2.45) is 0 Å². The molecular formula is C17H15ClF2N2O2. The molecule has 2 amide bonds. The number of nitrogens with one attached hydrogen (secondary N) is 1. The molecule has 0 heterocycles. The lowest BCUT2D eigenvalue weighted by molar-refractivity contribution is -0.117. The number of carbonyl (C=O) groups excluding carboxylic acids is 2. The van der Waals surface area contributed by atoms with Crippen molar-refractivity contribution >= 4 is 34.8 Å². The highest BCUT2D eigenvalue weighted by molar-refractivity contribution is 6.30. The molecule has 0 spiro atoms. The van der Waals surface area contributed by atoms with Gasteiger partial charge in [-0.15, -0.1) is 0 Å². The van der Waals surface area contributed by atoms with Crippen LogP contribution in [0, 0.1) is 11.6 Å². The zero-order chi connectivity index (χ0) is 17.7. The molecule has 0 aliphatic rings. The summed E-state index contributed by atoms with van der Waals surface area (Å²) < 4.78 is 26.3. The first-order valence-electron chi connectivity index (χ1n) is 7.15. The van der Waals surface area contributed by atoms with Gasteiger partial charge in [-0.25, -0.2) is 8.78 Å². The smallest absolute Gasteiger partial charge is 0.226 e. The van der Waals surface area contributed by atoms with E-state index >= 15 is 0 Å². The maximum atomic E-state index is 13.3. The van der Waals surface area contributed by atoms with E-state index < -0.39 is 11.6 Å². The number of benzene rings is 2. The number of amides is 2. The Morgan fingerprint density at radius 1 is 1.12 bits per heavy atom. The van der Waals surface area contributed by atoms with Crippen LogP contribution in [0.1, 0.15) is 13.3 Å². The fourth-order valence-electron chi connectivity index (χ4n) is 2.12. The predicted molar refractivity (Wildman–Crippen MR) is 89.1 cm³/mol. The molecule has 4 nitrogen and oxygen atoms in total. The Bertz CT molecular complexity index is 768. The Morgan fingerprint density at radius 2 is 1.88 bits per heavy atom. The molecular weight excluding hydrogens is 338 g/mol. The van der Waals surface area contributed by atoms with Gasteiger partial charge in [0.15, 0.2) is 11.6 Å². The third-order valence-electron chi connectivity index (χ3n) is 3.27. The predicted octanol–water partition coefficient (Wildman–Crippen LogP) is 4.00. The lowest BCUT2D eigenvalue weighted by atomic mass is 10.2. The molecule has 2 aromatic carbocycles. The summed E-state index contributed by atoms with van der Waals surface area (Å²) in [6, 6.07) is 9.80. The Balaban J connectivity index is 2.02. The second-order valence-corrected chi connectivity index (χ2v) is 5.51. The van der Waals surface area contributed by atoms with Crippen LogP contribution < -0.4 is 10.2 Å². The molecule has 24 heavy (non-hydrogen) atoms. The number of halogens is 3. The van der Waals surface area contributed by atoms with E-state index in [0.717, 1.165) is 12.1 Å². The Labute approximate surface area is 143 Å². The molecule has 0 aromatic heterocycles. The molecule has 1 N–H and O–H groups in total. The monoisotopic (exact) mass is 352 g/mol. The van der Waals surface area contributed by atoms with Crippen LogP contribution >= 0.6 is 11.6 Å². The number of hydrogen-bond acceptors (Lipinski definition) is 2. The molecule has 2 rings (SSSR count). The van der Waals surface area contributed by atoms with Crippen molar-refractivity contribution in [2.75, 3.05) is 16.8 Å². The normalized spacial score (nSPS) is 10.3. The van der Waals surface area contributed by atoms with Crippen molar-refractivity contribution < 1.29 is 18.4 Å². The molecule has 0 aliphatic carbocycles. The van der Waals surface area contributed by atoms with Gasteiger partial charge in [-0.3, -0.25) is 9.59 Å². The van der Waals surface area contributed by atoms with Crippen LogP contribution in [0.15, 0.2) is 42.5 Å². The van der Waals surface area contributed by atoms with Crippen molar-refractivity contribution in [3.8, 4) is 0 Å². The van der Waals surface area contributed by atoms with Crippen LogP contribution in [0.5, 0.6) is 0 Å². The molecule has 0 radical (unpaired) electrons. The molecule has 0 saturated carbocycles. The van der Waals surface area contributed by atoms with Gasteiger partial charge in [-0.05, 0) is 30.3 Å².